The van der Waals surface area contributed by atoms with E-state index in [1.807, 2.05) is 51.1 Å². The second-order valence-electron chi connectivity index (χ2n) is 9.74. The van der Waals surface area contributed by atoms with E-state index >= 15 is 0 Å². The highest BCUT2D eigenvalue weighted by Crippen LogP contribution is 2.37. The van der Waals surface area contributed by atoms with Gasteiger partial charge in [-0.1, -0.05) is 53.5 Å². The molecule has 0 unspecified atom stereocenters. The number of anilines is 1. The molecule has 4 rings (SSSR count). The van der Waals surface area contributed by atoms with Gasteiger partial charge >= 0.3 is 0 Å². The van der Waals surface area contributed by atoms with Gasteiger partial charge in [-0.3, -0.25) is 19.3 Å². The molecule has 0 spiro atoms. The summed E-state index contributed by atoms with van der Waals surface area (Å²) in [6, 6.07) is 15.4. The van der Waals surface area contributed by atoms with Gasteiger partial charge in [-0.25, -0.2) is 0 Å². The summed E-state index contributed by atoms with van der Waals surface area (Å²) in [4.78, 5) is 42.9. The molecule has 1 aliphatic heterocycles. The average molecular weight is 512 g/mol. The first-order valence-corrected chi connectivity index (χ1v) is 12.1. The molecule has 0 aromatic heterocycles. The lowest BCUT2D eigenvalue weighted by Crippen LogP contribution is -2.54. The molecule has 0 bridgehead atoms. The highest BCUT2D eigenvalue weighted by Gasteiger charge is 2.35. The molecule has 1 aliphatic rings. The monoisotopic (exact) mass is 511 g/mol. The lowest BCUT2D eigenvalue weighted by Gasteiger charge is -2.33. The fraction of sp³-hybridized carbons (Fsp3) is 0.296. The second-order valence-corrected chi connectivity index (χ2v) is 10.6. The van der Waals surface area contributed by atoms with Crippen molar-refractivity contribution < 1.29 is 14.4 Å². The number of hydrogen-bond donors (Lipinski definition) is 1. The maximum absolute atomic E-state index is 13.7. The van der Waals surface area contributed by atoms with Gasteiger partial charge in [0, 0.05) is 33.1 Å². The Morgan fingerprint density at radius 3 is 2.40 bits per heavy atom. The summed E-state index contributed by atoms with van der Waals surface area (Å²) in [5.74, 6) is -0.902. The Balaban J connectivity index is 1.65. The van der Waals surface area contributed by atoms with Crippen molar-refractivity contribution in [2.75, 3.05) is 11.4 Å². The minimum absolute atomic E-state index is 0.0900. The molecular formula is C27H27Cl2N3O3. The molecule has 0 saturated heterocycles. The van der Waals surface area contributed by atoms with E-state index in [-0.39, 0.29) is 30.8 Å². The minimum atomic E-state index is -0.802. The van der Waals surface area contributed by atoms with E-state index in [0.29, 0.717) is 26.9 Å². The van der Waals surface area contributed by atoms with Crippen molar-refractivity contribution in [3.05, 3.63) is 75.8 Å². The highest BCUT2D eigenvalue weighted by molar-refractivity contribution is 6.35. The number of nitrogens with one attached hydrogen (secondary N) is 1. The van der Waals surface area contributed by atoms with Gasteiger partial charge in [0.15, 0.2) is 0 Å². The molecule has 182 valence electrons. The van der Waals surface area contributed by atoms with E-state index in [1.54, 1.807) is 31.2 Å². The molecule has 1 heterocycles. The van der Waals surface area contributed by atoms with Gasteiger partial charge in [-0.15, -0.1) is 0 Å². The van der Waals surface area contributed by atoms with E-state index in [2.05, 4.69) is 5.32 Å². The zero-order valence-corrected chi connectivity index (χ0v) is 21.6. The SMILES string of the molecule is C[C@@H](C(=O)NC(C)(C)C)N(Cc1ccc(Cl)cc1Cl)C(=O)CN1C(=O)c2cccc3cccc1c23. The third kappa shape index (κ3) is 5.14. The van der Waals surface area contributed by atoms with Crippen LogP contribution in [0, 0.1) is 0 Å². The Morgan fingerprint density at radius 2 is 1.74 bits per heavy atom. The van der Waals surface area contributed by atoms with E-state index in [4.69, 9.17) is 23.2 Å². The normalized spacial score (nSPS) is 13.8. The number of nitrogens with zero attached hydrogens (tertiary/aromatic N) is 2. The topological polar surface area (TPSA) is 69.7 Å². The zero-order chi connectivity index (χ0) is 25.5. The quantitative estimate of drug-likeness (QED) is 0.479. The molecule has 3 aromatic carbocycles. The fourth-order valence-electron chi connectivity index (χ4n) is 4.25. The Kier molecular flexibility index (Phi) is 6.80. The molecule has 3 amide bonds. The zero-order valence-electron chi connectivity index (χ0n) is 20.1. The predicted octanol–water partition coefficient (Wildman–Crippen LogP) is 5.44. The summed E-state index contributed by atoms with van der Waals surface area (Å²) in [5, 5.41) is 5.57. The standard InChI is InChI=1S/C27H27Cl2N3O3/c1-16(25(34)30-27(2,3)4)31(14-18-11-12-19(28)13-21(18)29)23(33)15-32-22-10-6-8-17-7-5-9-20(24(17)22)26(32)35/h5-13,16H,14-15H2,1-4H3,(H,30,34)/t16-/m0/s1. The van der Waals surface area contributed by atoms with Crippen molar-refractivity contribution in [1.82, 2.24) is 10.2 Å². The first-order valence-electron chi connectivity index (χ1n) is 11.4. The maximum Gasteiger partial charge on any atom is 0.259 e. The summed E-state index contributed by atoms with van der Waals surface area (Å²) >= 11 is 12.4. The third-order valence-electron chi connectivity index (χ3n) is 5.96. The first-order chi connectivity index (χ1) is 16.5. The molecule has 6 nitrogen and oxygen atoms in total. The van der Waals surface area contributed by atoms with E-state index in [9.17, 15) is 14.4 Å². The number of carbonyl (C=O) groups excluding carboxylic acids is 3. The van der Waals surface area contributed by atoms with Gasteiger partial charge in [-0.2, -0.15) is 0 Å². The fourth-order valence-corrected chi connectivity index (χ4v) is 4.72. The maximum atomic E-state index is 13.7. The summed E-state index contributed by atoms with van der Waals surface area (Å²) in [6.45, 7) is 7.18. The van der Waals surface area contributed by atoms with Gasteiger partial charge in [0.2, 0.25) is 11.8 Å². The van der Waals surface area contributed by atoms with Crippen molar-refractivity contribution >= 4 is 57.4 Å². The van der Waals surface area contributed by atoms with Gasteiger partial charge in [0.25, 0.3) is 5.91 Å². The van der Waals surface area contributed by atoms with Crippen LogP contribution in [0.4, 0.5) is 5.69 Å². The van der Waals surface area contributed by atoms with Crippen LogP contribution >= 0.6 is 23.2 Å². The van der Waals surface area contributed by atoms with Crippen LogP contribution in [0.2, 0.25) is 10.0 Å². The number of rotatable bonds is 6. The van der Waals surface area contributed by atoms with Crippen LogP contribution in [0.3, 0.4) is 0 Å². The molecular weight excluding hydrogens is 485 g/mol. The van der Waals surface area contributed by atoms with Crippen LogP contribution < -0.4 is 10.2 Å². The predicted molar refractivity (Wildman–Crippen MR) is 140 cm³/mol. The molecule has 0 saturated carbocycles. The van der Waals surface area contributed by atoms with Crippen LogP contribution in [-0.2, 0) is 16.1 Å². The molecule has 3 aromatic rings. The number of hydrogen-bond acceptors (Lipinski definition) is 3. The smallest absolute Gasteiger partial charge is 0.259 e. The van der Waals surface area contributed by atoms with Crippen molar-refractivity contribution in [3.63, 3.8) is 0 Å². The molecule has 8 heteroatoms. The van der Waals surface area contributed by atoms with E-state index < -0.39 is 11.6 Å². The Morgan fingerprint density at radius 1 is 1.06 bits per heavy atom. The average Bonchev–Trinajstić information content (AvgIpc) is 3.05. The third-order valence-corrected chi connectivity index (χ3v) is 6.55. The van der Waals surface area contributed by atoms with Crippen LogP contribution in [0.15, 0.2) is 54.6 Å². The molecule has 0 aliphatic carbocycles. The molecule has 1 N–H and O–H groups in total. The largest absolute Gasteiger partial charge is 0.350 e. The minimum Gasteiger partial charge on any atom is -0.350 e. The van der Waals surface area contributed by atoms with E-state index in [0.717, 1.165) is 10.8 Å². The Bertz CT molecular complexity index is 1330. The second kappa shape index (κ2) is 9.51. The van der Waals surface area contributed by atoms with Crippen LogP contribution in [0.1, 0.15) is 43.6 Å². The molecule has 0 fully saturated rings. The lowest BCUT2D eigenvalue weighted by atomic mass is 10.1. The van der Waals surface area contributed by atoms with Crippen molar-refractivity contribution in [1.29, 1.82) is 0 Å². The van der Waals surface area contributed by atoms with Crippen LogP contribution in [-0.4, -0.2) is 40.7 Å². The van der Waals surface area contributed by atoms with Gasteiger partial charge in [0.05, 0.1) is 5.69 Å². The number of carbonyl (C=O) groups is 3. The van der Waals surface area contributed by atoms with E-state index in [1.165, 1.54) is 9.80 Å². The number of amides is 3. The van der Waals surface area contributed by atoms with Crippen molar-refractivity contribution in [2.24, 2.45) is 0 Å². The summed E-state index contributed by atoms with van der Waals surface area (Å²) < 4.78 is 0. The van der Waals surface area contributed by atoms with Crippen molar-refractivity contribution in [3.8, 4) is 0 Å². The summed E-state index contributed by atoms with van der Waals surface area (Å²) in [7, 11) is 0. The van der Waals surface area contributed by atoms with Crippen molar-refractivity contribution in [2.45, 2.75) is 45.8 Å². The van der Waals surface area contributed by atoms with Gasteiger partial charge < -0.3 is 10.2 Å². The summed E-state index contributed by atoms with van der Waals surface area (Å²) in [6.07, 6.45) is 0. The van der Waals surface area contributed by atoms with Gasteiger partial charge in [0.1, 0.15) is 12.6 Å². The Labute approximate surface area is 214 Å². The first kappa shape index (κ1) is 25.0. The molecule has 35 heavy (non-hydrogen) atoms. The lowest BCUT2D eigenvalue weighted by molar-refractivity contribution is -0.140. The highest BCUT2D eigenvalue weighted by atomic mass is 35.5. The molecule has 0 radical (unpaired) electrons. The van der Waals surface area contributed by atoms with Crippen LogP contribution in [0.25, 0.3) is 10.8 Å². The summed E-state index contributed by atoms with van der Waals surface area (Å²) in [5.41, 5.74) is 1.43. The number of benzene rings is 3. The van der Waals surface area contributed by atoms with Crippen LogP contribution in [0.5, 0.6) is 0 Å². The number of halogens is 2. The molecule has 1 atom stereocenters. The van der Waals surface area contributed by atoms with Gasteiger partial charge in [-0.05, 0) is 62.9 Å². The Hall–Kier alpha value is -3.09.